The number of ether oxygens (including phenoxy) is 2. The molecule has 0 aliphatic carbocycles. The molecule has 142 valence electrons. The van der Waals surface area contributed by atoms with Crippen molar-refractivity contribution in [2.45, 2.75) is 25.6 Å². The minimum Gasteiger partial charge on any atom is -0.379 e. The van der Waals surface area contributed by atoms with E-state index in [1.807, 2.05) is 23.4 Å². The van der Waals surface area contributed by atoms with Crippen molar-refractivity contribution in [3.63, 3.8) is 0 Å². The first-order valence-corrected chi connectivity index (χ1v) is 9.40. The fourth-order valence-corrected chi connectivity index (χ4v) is 3.30. The Kier molecular flexibility index (Phi) is 5.60. The Hall–Kier alpha value is -2.51. The number of carbonyl (C=O) groups is 1. The third kappa shape index (κ3) is 4.61. The van der Waals surface area contributed by atoms with Gasteiger partial charge in [-0.2, -0.15) is 0 Å². The summed E-state index contributed by atoms with van der Waals surface area (Å²) >= 11 is 0. The second-order valence-electron chi connectivity index (χ2n) is 6.86. The van der Waals surface area contributed by atoms with E-state index in [1.165, 1.54) is 0 Å². The van der Waals surface area contributed by atoms with Crippen molar-refractivity contribution in [1.82, 2.24) is 15.3 Å². The van der Waals surface area contributed by atoms with Gasteiger partial charge in [-0.05, 0) is 23.6 Å². The summed E-state index contributed by atoms with van der Waals surface area (Å²) in [7, 11) is 0. The monoisotopic (exact) mass is 368 g/mol. The molecule has 27 heavy (non-hydrogen) atoms. The first-order chi connectivity index (χ1) is 13.3. The summed E-state index contributed by atoms with van der Waals surface area (Å²) in [5, 5.41) is 2.86. The standard InChI is InChI=1S/C20H24N4O3/c25-19-4-7-24(8-6-21-19)20-22-11-17(12-23-20)16-3-1-2-15(10-16)13-27-18-5-9-26-14-18/h1-3,10-12,18H,4-9,13-14H2,(H,21,25). The Bertz CT molecular complexity index is 775. The van der Waals surface area contributed by atoms with Crippen LogP contribution in [0.2, 0.25) is 0 Å². The summed E-state index contributed by atoms with van der Waals surface area (Å²) in [6, 6.07) is 8.26. The number of rotatable bonds is 5. The lowest BCUT2D eigenvalue weighted by Crippen LogP contribution is -2.29. The number of benzene rings is 1. The summed E-state index contributed by atoms with van der Waals surface area (Å²) in [5.41, 5.74) is 3.16. The summed E-state index contributed by atoms with van der Waals surface area (Å²) in [5.74, 6) is 0.744. The molecular formula is C20H24N4O3. The van der Waals surface area contributed by atoms with Crippen LogP contribution in [0.1, 0.15) is 18.4 Å². The van der Waals surface area contributed by atoms with E-state index in [4.69, 9.17) is 9.47 Å². The number of nitrogens with zero attached hydrogens (tertiary/aromatic N) is 3. The van der Waals surface area contributed by atoms with Crippen molar-refractivity contribution in [1.29, 1.82) is 0 Å². The highest BCUT2D eigenvalue weighted by molar-refractivity contribution is 5.77. The first kappa shape index (κ1) is 17.9. The molecule has 1 amide bonds. The number of nitrogens with one attached hydrogen (secondary N) is 1. The molecule has 4 rings (SSSR count). The van der Waals surface area contributed by atoms with Gasteiger partial charge in [0.2, 0.25) is 11.9 Å². The largest absolute Gasteiger partial charge is 0.379 e. The van der Waals surface area contributed by atoms with Crippen LogP contribution in [-0.2, 0) is 20.9 Å². The molecular weight excluding hydrogens is 344 g/mol. The van der Waals surface area contributed by atoms with Crippen LogP contribution >= 0.6 is 0 Å². The van der Waals surface area contributed by atoms with Gasteiger partial charge in [-0.25, -0.2) is 9.97 Å². The van der Waals surface area contributed by atoms with E-state index >= 15 is 0 Å². The molecule has 0 saturated carbocycles. The average Bonchev–Trinajstić information content (AvgIpc) is 3.14. The zero-order valence-corrected chi connectivity index (χ0v) is 15.3. The predicted octanol–water partition coefficient (Wildman–Crippen LogP) is 1.78. The SMILES string of the molecule is O=C1CCN(c2ncc(-c3cccc(COC4CCOC4)c3)cn2)CCN1. The van der Waals surface area contributed by atoms with Gasteiger partial charge >= 0.3 is 0 Å². The molecule has 1 unspecified atom stereocenters. The molecule has 2 aromatic rings. The summed E-state index contributed by atoms with van der Waals surface area (Å²) in [6.07, 6.45) is 5.32. The van der Waals surface area contributed by atoms with Crippen LogP contribution < -0.4 is 10.2 Å². The normalized spacial score (nSPS) is 20.4. The highest BCUT2D eigenvalue weighted by atomic mass is 16.5. The highest BCUT2D eigenvalue weighted by Gasteiger charge is 2.17. The van der Waals surface area contributed by atoms with Gasteiger partial charge in [0.1, 0.15) is 0 Å². The predicted molar refractivity (Wildman–Crippen MR) is 101 cm³/mol. The molecule has 1 aromatic carbocycles. The van der Waals surface area contributed by atoms with Crippen LogP contribution in [0, 0.1) is 0 Å². The summed E-state index contributed by atoms with van der Waals surface area (Å²) in [6.45, 7) is 4.04. The van der Waals surface area contributed by atoms with Crippen molar-refractivity contribution in [2.75, 3.05) is 37.7 Å². The third-order valence-electron chi connectivity index (χ3n) is 4.87. The van der Waals surface area contributed by atoms with Gasteiger partial charge in [0.15, 0.2) is 0 Å². The molecule has 2 aliphatic heterocycles. The van der Waals surface area contributed by atoms with E-state index in [1.54, 1.807) is 0 Å². The third-order valence-corrected chi connectivity index (χ3v) is 4.87. The lowest BCUT2D eigenvalue weighted by molar-refractivity contribution is -0.120. The fourth-order valence-electron chi connectivity index (χ4n) is 3.30. The lowest BCUT2D eigenvalue weighted by Gasteiger charge is -2.19. The maximum absolute atomic E-state index is 11.5. The van der Waals surface area contributed by atoms with Crippen LogP contribution in [0.5, 0.6) is 0 Å². The molecule has 1 N–H and O–H groups in total. The molecule has 7 nitrogen and oxygen atoms in total. The Morgan fingerprint density at radius 2 is 2.11 bits per heavy atom. The second kappa shape index (κ2) is 8.45. The molecule has 1 aromatic heterocycles. The number of hydrogen-bond acceptors (Lipinski definition) is 6. The van der Waals surface area contributed by atoms with Crippen molar-refractivity contribution in [3.8, 4) is 11.1 Å². The molecule has 0 radical (unpaired) electrons. The van der Waals surface area contributed by atoms with Gasteiger partial charge in [0.25, 0.3) is 0 Å². The van der Waals surface area contributed by atoms with Crippen molar-refractivity contribution < 1.29 is 14.3 Å². The van der Waals surface area contributed by atoms with E-state index in [-0.39, 0.29) is 12.0 Å². The minimum absolute atomic E-state index is 0.0809. The molecule has 0 bridgehead atoms. The van der Waals surface area contributed by atoms with Crippen LogP contribution in [-0.4, -0.2) is 54.8 Å². The van der Waals surface area contributed by atoms with E-state index in [0.29, 0.717) is 38.7 Å². The highest BCUT2D eigenvalue weighted by Crippen LogP contribution is 2.21. The zero-order valence-electron chi connectivity index (χ0n) is 15.3. The minimum atomic E-state index is 0.0809. The Balaban J connectivity index is 1.42. The van der Waals surface area contributed by atoms with Gasteiger partial charge in [-0.1, -0.05) is 18.2 Å². The van der Waals surface area contributed by atoms with Crippen molar-refractivity contribution in [2.24, 2.45) is 0 Å². The van der Waals surface area contributed by atoms with E-state index in [0.717, 1.165) is 36.3 Å². The maximum Gasteiger partial charge on any atom is 0.225 e. The van der Waals surface area contributed by atoms with E-state index in [2.05, 4.69) is 33.5 Å². The quantitative estimate of drug-likeness (QED) is 0.867. The molecule has 0 spiro atoms. The average molecular weight is 368 g/mol. The smallest absolute Gasteiger partial charge is 0.225 e. The van der Waals surface area contributed by atoms with Crippen molar-refractivity contribution >= 4 is 11.9 Å². The van der Waals surface area contributed by atoms with Gasteiger partial charge < -0.3 is 19.7 Å². The topological polar surface area (TPSA) is 76.6 Å². The molecule has 2 aliphatic rings. The van der Waals surface area contributed by atoms with Gasteiger partial charge in [-0.15, -0.1) is 0 Å². The van der Waals surface area contributed by atoms with Crippen LogP contribution in [0.25, 0.3) is 11.1 Å². The molecule has 7 heteroatoms. The Morgan fingerprint density at radius 1 is 1.22 bits per heavy atom. The molecule has 1 atom stereocenters. The number of aromatic nitrogens is 2. The van der Waals surface area contributed by atoms with Crippen molar-refractivity contribution in [3.05, 3.63) is 42.2 Å². The number of amides is 1. The summed E-state index contributed by atoms with van der Waals surface area (Å²) in [4.78, 5) is 22.5. The Morgan fingerprint density at radius 3 is 2.93 bits per heavy atom. The van der Waals surface area contributed by atoms with Gasteiger partial charge in [0, 0.05) is 50.6 Å². The summed E-state index contributed by atoms with van der Waals surface area (Å²) < 4.78 is 11.2. The van der Waals surface area contributed by atoms with Crippen LogP contribution in [0.3, 0.4) is 0 Å². The fraction of sp³-hybridized carbons (Fsp3) is 0.450. The van der Waals surface area contributed by atoms with Gasteiger partial charge in [0.05, 0.1) is 19.3 Å². The number of carbonyl (C=O) groups excluding carboxylic acids is 1. The van der Waals surface area contributed by atoms with Gasteiger partial charge in [-0.3, -0.25) is 4.79 Å². The first-order valence-electron chi connectivity index (χ1n) is 9.40. The number of hydrogen-bond donors (Lipinski definition) is 1. The maximum atomic E-state index is 11.5. The molecule has 2 fully saturated rings. The Labute approximate surface area is 158 Å². The van der Waals surface area contributed by atoms with Crippen LogP contribution in [0.4, 0.5) is 5.95 Å². The zero-order chi connectivity index (χ0) is 18.5. The second-order valence-corrected chi connectivity index (χ2v) is 6.86. The van der Waals surface area contributed by atoms with Crippen LogP contribution in [0.15, 0.2) is 36.7 Å². The van der Waals surface area contributed by atoms with E-state index < -0.39 is 0 Å². The van der Waals surface area contributed by atoms with E-state index in [9.17, 15) is 4.79 Å². The lowest BCUT2D eigenvalue weighted by atomic mass is 10.1. The molecule has 2 saturated heterocycles. The molecule has 3 heterocycles. The number of anilines is 1.